The number of nitrogens with one attached hydrogen (secondary N) is 1. The zero-order valence-electron chi connectivity index (χ0n) is 9.92. The highest BCUT2D eigenvalue weighted by atomic mass is 16.5. The summed E-state index contributed by atoms with van der Waals surface area (Å²) in [4.78, 5) is 11.8. The lowest BCUT2D eigenvalue weighted by Gasteiger charge is -2.22. The number of esters is 1. The Morgan fingerprint density at radius 2 is 2.07 bits per heavy atom. The molecular weight excluding hydrogens is 190 g/mol. The third kappa shape index (κ3) is 3.82. The lowest BCUT2D eigenvalue weighted by molar-refractivity contribution is -0.147. The molecule has 3 nitrogen and oxygen atoms in total. The van der Waals surface area contributed by atoms with Crippen LogP contribution in [0.4, 0.5) is 0 Å². The summed E-state index contributed by atoms with van der Waals surface area (Å²) in [5, 5.41) is 3.32. The first-order chi connectivity index (χ1) is 7.29. The fourth-order valence-corrected chi connectivity index (χ4v) is 2.27. The molecule has 1 fully saturated rings. The molecule has 0 heterocycles. The Labute approximate surface area is 92.6 Å². The van der Waals surface area contributed by atoms with E-state index in [0.717, 1.165) is 13.0 Å². The number of hydrogen-bond donors (Lipinski definition) is 1. The van der Waals surface area contributed by atoms with Crippen molar-refractivity contribution in [2.24, 2.45) is 5.92 Å². The van der Waals surface area contributed by atoms with Crippen LogP contribution in [0.1, 0.15) is 46.0 Å². The largest absolute Gasteiger partial charge is 0.465 e. The van der Waals surface area contributed by atoms with Crippen LogP contribution in [0.15, 0.2) is 0 Å². The van der Waals surface area contributed by atoms with Crippen LogP contribution >= 0.6 is 0 Å². The SMILES string of the molecule is CCCNC(C(=O)OCC)C1CCCC1. The molecule has 1 N–H and O–H groups in total. The van der Waals surface area contributed by atoms with Gasteiger partial charge in [-0.2, -0.15) is 0 Å². The number of ether oxygens (including phenoxy) is 1. The van der Waals surface area contributed by atoms with Crippen molar-refractivity contribution in [1.82, 2.24) is 5.32 Å². The first-order valence-corrected chi connectivity index (χ1v) is 6.19. The molecule has 1 unspecified atom stereocenters. The third-order valence-electron chi connectivity index (χ3n) is 3.03. The van der Waals surface area contributed by atoms with E-state index in [-0.39, 0.29) is 12.0 Å². The van der Waals surface area contributed by atoms with Gasteiger partial charge >= 0.3 is 5.97 Å². The van der Waals surface area contributed by atoms with Gasteiger partial charge in [-0.1, -0.05) is 19.8 Å². The van der Waals surface area contributed by atoms with Crippen LogP contribution in [0.3, 0.4) is 0 Å². The topological polar surface area (TPSA) is 38.3 Å². The molecule has 88 valence electrons. The highest BCUT2D eigenvalue weighted by molar-refractivity contribution is 5.76. The van der Waals surface area contributed by atoms with Gasteiger partial charge in [-0.25, -0.2) is 0 Å². The zero-order valence-corrected chi connectivity index (χ0v) is 9.92. The standard InChI is InChI=1S/C12H23NO2/c1-3-9-13-11(12(14)15-4-2)10-7-5-6-8-10/h10-11,13H,3-9H2,1-2H3. The van der Waals surface area contributed by atoms with Crippen LogP contribution < -0.4 is 5.32 Å². The summed E-state index contributed by atoms with van der Waals surface area (Å²) in [6.07, 6.45) is 5.91. The summed E-state index contributed by atoms with van der Waals surface area (Å²) in [6.45, 7) is 5.36. The number of carbonyl (C=O) groups is 1. The molecule has 0 spiro atoms. The minimum absolute atomic E-state index is 0.0575. The van der Waals surface area contributed by atoms with Crippen molar-refractivity contribution in [2.45, 2.75) is 52.0 Å². The molecule has 1 saturated carbocycles. The normalized spacial score (nSPS) is 19.1. The molecule has 1 aliphatic rings. The molecular formula is C12H23NO2. The first kappa shape index (κ1) is 12.5. The van der Waals surface area contributed by atoms with Crippen molar-refractivity contribution >= 4 is 5.97 Å². The zero-order chi connectivity index (χ0) is 11.1. The molecule has 0 aromatic carbocycles. The van der Waals surface area contributed by atoms with Gasteiger partial charge < -0.3 is 10.1 Å². The molecule has 0 aliphatic heterocycles. The van der Waals surface area contributed by atoms with Crippen molar-refractivity contribution in [2.75, 3.05) is 13.2 Å². The maximum Gasteiger partial charge on any atom is 0.323 e. The minimum Gasteiger partial charge on any atom is -0.465 e. The summed E-state index contributed by atoms with van der Waals surface area (Å²) in [5.74, 6) is 0.438. The summed E-state index contributed by atoms with van der Waals surface area (Å²) in [7, 11) is 0. The van der Waals surface area contributed by atoms with Gasteiger partial charge in [0.15, 0.2) is 0 Å². The van der Waals surface area contributed by atoms with Gasteiger partial charge in [-0.3, -0.25) is 4.79 Å². The summed E-state index contributed by atoms with van der Waals surface area (Å²) < 4.78 is 5.11. The van der Waals surface area contributed by atoms with Crippen LogP contribution in [-0.2, 0) is 9.53 Å². The highest BCUT2D eigenvalue weighted by Crippen LogP contribution is 2.28. The summed E-state index contributed by atoms with van der Waals surface area (Å²) in [5.41, 5.74) is 0. The van der Waals surface area contributed by atoms with Gasteiger partial charge in [0.05, 0.1) is 6.61 Å². The van der Waals surface area contributed by atoms with Crippen molar-refractivity contribution in [3.8, 4) is 0 Å². The second-order valence-corrected chi connectivity index (χ2v) is 4.23. The van der Waals surface area contributed by atoms with E-state index < -0.39 is 0 Å². The quantitative estimate of drug-likeness (QED) is 0.687. The van der Waals surface area contributed by atoms with Crippen molar-refractivity contribution in [3.63, 3.8) is 0 Å². The summed E-state index contributed by atoms with van der Waals surface area (Å²) in [6, 6.07) is -0.0626. The second kappa shape index (κ2) is 6.83. The van der Waals surface area contributed by atoms with Gasteiger partial charge in [0, 0.05) is 0 Å². The van der Waals surface area contributed by atoms with Gasteiger partial charge in [-0.05, 0) is 38.6 Å². The van der Waals surface area contributed by atoms with Crippen LogP contribution in [0, 0.1) is 5.92 Å². The van der Waals surface area contributed by atoms with E-state index >= 15 is 0 Å². The summed E-state index contributed by atoms with van der Waals surface area (Å²) >= 11 is 0. The monoisotopic (exact) mass is 213 g/mol. The fraction of sp³-hybridized carbons (Fsp3) is 0.917. The molecule has 1 rings (SSSR count). The number of hydrogen-bond acceptors (Lipinski definition) is 3. The Morgan fingerprint density at radius 3 is 2.60 bits per heavy atom. The first-order valence-electron chi connectivity index (χ1n) is 6.19. The Balaban J connectivity index is 2.46. The smallest absolute Gasteiger partial charge is 0.323 e. The van der Waals surface area contributed by atoms with E-state index in [1.54, 1.807) is 0 Å². The molecule has 1 atom stereocenters. The highest BCUT2D eigenvalue weighted by Gasteiger charge is 2.30. The van der Waals surface area contributed by atoms with E-state index in [9.17, 15) is 4.79 Å². The second-order valence-electron chi connectivity index (χ2n) is 4.23. The molecule has 0 aromatic heterocycles. The molecule has 0 radical (unpaired) electrons. The van der Waals surface area contributed by atoms with Crippen molar-refractivity contribution in [1.29, 1.82) is 0 Å². The molecule has 0 saturated heterocycles. The molecule has 3 heteroatoms. The van der Waals surface area contributed by atoms with Crippen LogP contribution in [0.25, 0.3) is 0 Å². The Morgan fingerprint density at radius 1 is 1.40 bits per heavy atom. The van der Waals surface area contributed by atoms with E-state index in [1.165, 1.54) is 25.7 Å². The molecule has 0 amide bonds. The third-order valence-corrected chi connectivity index (χ3v) is 3.03. The van der Waals surface area contributed by atoms with Gasteiger partial charge in [0.1, 0.15) is 6.04 Å². The van der Waals surface area contributed by atoms with E-state index in [4.69, 9.17) is 4.74 Å². The average Bonchev–Trinajstić information content (AvgIpc) is 2.72. The molecule has 0 aromatic rings. The predicted molar refractivity (Wildman–Crippen MR) is 60.7 cm³/mol. The van der Waals surface area contributed by atoms with Crippen molar-refractivity contribution in [3.05, 3.63) is 0 Å². The lowest BCUT2D eigenvalue weighted by Crippen LogP contribution is -2.43. The van der Waals surface area contributed by atoms with Crippen molar-refractivity contribution < 1.29 is 9.53 Å². The number of carbonyl (C=O) groups excluding carboxylic acids is 1. The van der Waals surface area contributed by atoms with Crippen LogP contribution in [-0.4, -0.2) is 25.2 Å². The molecule has 15 heavy (non-hydrogen) atoms. The van der Waals surface area contributed by atoms with E-state index in [2.05, 4.69) is 12.2 Å². The van der Waals surface area contributed by atoms with E-state index in [1.807, 2.05) is 6.92 Å². The van der Waals surface area contributed by atoms with Crippen LogP contribution in [0.2, 0.25) is 0 Å². The fourth-order valence-electron chi connectivity index (χ4n) is 2.27. The molecule has 0 bridgehead atoms. The Kier molecular flexibility index (Phi) is 5.69. The van der Waals surface area contributed by atoms with Crippen LogP contribution in [0.5, 0.6) is 0 Å². The Bertz CT molecular complexity index is 188. The molecule has 1 aliphatic carbocycles. The lowest BCUT2D eigenvalue weighted by atomic mass is 9.98. The maximum absolute atomic E-state index is 11.8. The Hall–Kier alpha value is -0.570. The maximum atomic E-state index is 11.8. The van der Waals surface area contributed by atoms with Gasteiger partial charge in [-0.15, -0.1) is 0 Å². The average molecular weight is 213 g/mol. The van der Waals surface area contributed by atoms with E-state index in [0.29, 0.717) is 12.5 Å². The predicted octanol–water partition coefficient (Wildman–Crippen LogP) is 2.11. The van der Waals surface area contributed by atoms with Gasteiger partial charge in [0.2, 0.25) is 0 Å². The van der Waals surface area contributed by atoms with Gasteiger partial charge in [0.25, 0.3) is 0 Å². The number of rotatable bonds is 6. The minimum atomic E-state index is -0.0626.